The van der Waals surface area contributed by atoms with E-state index in [1.807, 2.05) is 40.7 Å². The lowest BCUT2D eigenvalue weighted by Crippen LogP contribution is -2.25. The Bertz CT molecular complexity index is 731. The molecule has 1 heterocycles. The second kappa shape index (κ2) is 5.66. The average Bonchev–Trinajstić information content (AvgIpc) is 2.94. The van der Waals surface area contributed by atoms with Crippen LogP contribution in [0, 0.1) is 34.6 Å². The number of aromatic amines is 1. The van der Waals surface area contributed by atoms with Crippen LogP contribution in [-0.2, 0) is 16.6 Å². The summed E-state index contributed by atoms with van der Waals surface area (Å²) in [6.45, 7) is 10.0. The molecule has 1 aromatic carbocycles. The van der Waals surface area contributed by atoms with Gasteiger partial charge in [-0.3, -0.25) is 0 Å². The van der Waals surface area contributed by atoms with Crippen molar-refractivity contribution in [3.8, 4) is 0 Å². The van der Waals surface area contributed by atoms with Crippen molar-refractivity contribution in [1.82, 2.24) is 9.71 Å². The van der Waals surface area contributed by atoms with Crippen LogP contribution >= 0.6 is 0 Å². The van der Waals surface area contributed by atoms with Gasteiger partial charge in [-0.15, -0.1) is 0 Å². The maximum atomic E-state index is 12.7. The van der Waals surface area contributed by atoms with E-state index in [4.69, 9.17) is 0 Å². The lowest BCUT2D eigenvalue weighted by atomic mass is 9.95. The van der Waals surface area contributed by atoms with Crippen LogP contribution in [0.15, 0.2) is 23.4 Å². The van der Waals surface area contributed by atoms with E-state index >= 15 is 0 Å². The molecular weight excluding hydrogens is 284 g/mol. The number of nitrogens with one attached hydrogen (secondary N) is 2. The predicted molar refractivity (Wildman–Crippen MR) is 84.9 cm³/mol. The summed E-state index contributed by atoms with van der Waals surface area (Å²) in [6, 6.07) is 1.86. The summed E-state index contributed by atoms with van der Waals surface area (Å²) < 4.78 is 28.0. The molecule has 0 saturated heterocycles. The smallest absolute Gasteiger partial charge is 0.241 e. The Kier molecular flexibility index (Phi) is 4.25. The zero-order chi connectivity index (χ0) is 15.8. The van der Waals surface area contributed by atoms with Crippen LogP contribution < -0.4 is 4.72 Å². The summed E-state index contributed by atoms with van der Waals surface area (Å²) in [5, 5.41) is 0. The van der Waals surface area contributed by atoms with E-state index in [0.29, 0.717) is 4.90 Å². The highest BCUT2D eigenvalue weighted by Gasteiger charge is 2.23. The largest absolute Gasteiger partial charge is 0.367 e. The molecule has 0 radical (unpaired) electrons. The van der Waals surface area contributed by atoms with Gasteiger partial charge in [0.1, 0.15) is 0 Å². The van der Waals surface area contributed by atoms with Crippen LogP contribution in [0.2, 0.25) is 0 Å². The van der Waals surface area contributed by atoms with Crippen molar-refractivity contribution in [2.75, 3.05) is 0 Å². The van der Waals surface area contributed by atoms with Crippen LogP contribution in [0.1, 0.15) is 33.4 Å². The van der Waals surface area contributed by atoms with E-state index in [2.05, 4.69) is 9.71 Å². The molecule has 0 saturated carbocycles. The van der Waals surface area contributed by atoms with Crippen molar-refractivity contribution in [1.29, 1.82) is 0 Å². The molecule has 5 heteroatoms. The number of benzene rings is 1. The molecule has 0 aliphatic rings. The van der Waals surface area contributed by atoms with Gasteiger partial charge in [-0.2, -0.15) is 0 Å². The zero-order valence-corrected chi connectivity index (χ0v) is 14.0. The van der Waals surface area contributed by atoms with Crippen molar-refractivity contribution >= 4 is 10.0 Å². The first-order valence-electron chi connectivity index (χ1n) is 6.94. The molecule has 1 aromatic heterocycles. The van der Waals surface area contributed by atoms with Gasteiger partial charge in [0.2, 0.25) is 10.0 Å². The van der Waals surface area contributed by atoms with Crippen molar-refractivity contribution in [2.24, 2.45) is 0 Å². The van der Waals surface area contributed by atoms with Crippen molar-refractivity contribution in [2.45, 2.75) is 46.1 Å². The number of H-pyrrole nitrogens is 1. The van der Waals surface area contributed by atoms with Gasteiger partial charge in [-0.05, 0) is 74.1 Å². The Hall–Kier alpha value is -1.59. The first-order chi connectivity index (χ1) is 9.75. The van der Waals surface area contributed by atoms with Gasteiger partial charge in [0.05, 0.1) is 4.90 Å². The Morgan fingerprint density at radius 1 is 0.952 bits per heavy atom. The fraction of sp³-hybridized carbons (Fsp3) is 0.375. The first-order valence-corrected chi connectivity index (χ1v) is 8.42. The molecule has 4 nitrogen and oxygen atoms in total. The lowest BCUT2D eigenvalue weighted by molar-refractivity contribution is 0.579. The van der Waals surface area contributed by atoms with Gasteiger partial charge in [0.15, 0.2) is 0 Å². The molecule has 0 fully saturated rings. The SMILES string of the molecule is Cc1c(C)c(C)c(S(=O)(=O)NCc2cc[nH]c2)c(C)c1C. The number of rotatable bonds is 4. The summed E-state index contributed by atoms with van der Waals surface area (Å²) in [4.78, 5) is 3.33. The first kappa shape index (κ1) is 15.8. The molecule has 0 unspecified atom stereocenters. The standard InChI is InChI=1S/C16H22N2O2S/c1-10-11(2)13(4)16(14(5)12(10)3)21(19,20)18-9-15-6-7-17-8-15/h6-8,17-18H,9H2,1-5H3. The summed E-state index contributed by atoms with van der Waals surface area (Å²) in [5.41, 5.74) is 5.82. The third-order valence-corrected chi connectivity index (χ3v) is 6.00. The molecule has 114 valence electrons. The maximum Gasteiger partial charge on any atom is 0.241 e. The summed E-state index contributed by atoms with van der Waals surface area (Å²) in [5.74, 6) is 0. The van der Waals surface area contributed by atoms with Crippen molar-refractivity contribution in [3.63, 3.8) is 0 Å². The molecule has 0 amide bonds. The Labute approximate surface area is 126 Å². The number of sulfonamides is 1. The molecule has 2 rings (SSSR count). The molecule has 2 N–H and O–H groups in total. The molecule has 0 atom stereocenters. The molecule has 0 spiro atoms. The van der Waals surface area contributed by atoms with E-state index in [1.165, 1.54) is 0 Å². The average molecular weight is 306 g/mol. The monoisotopic (exact) mass is 306 g/mol. The fourth-order valence-electron chi connectivity index (χ4n) is 2.59. The number of hydrogen-bond donors (Lipinski definition) is 2. The summed E-state index contributed by atoms with van der Waals surface area (Å²) in [6.07, 6.45) is 3.56. The lowest BCUT2D eigenvalue weighted by Gasteiger charge is -2.19. The molecule has 0 bridgehead atoms. The molecule has 2 aromatic rings. The van der Waals surface area contributed by atoms with Crippen molar-refractivity contribution in [3.05, 3.63) is 51.8 Å². The Morgan fingerprint density at radius 2 is 1.48 bits per heavy atom. The predicted octanol–water partition coefficient (Wildman–Crippen LogP) is 3.04. The summed E-state index contributed by atoms with van der Waals surface area (Å²) >= 11 is 0. The third kappa shape index (κ3) is 2.89. The highest BCUT2D eigenvalue weighted by molar-refractivity contribution is 7.89. The molecule has 21 heavy (non-hydrogen) atoms. The van der Waals surface area contributed by atoms with E-state index in [1.54, 1.807) is 12.4 Å². The van der Waals surface area contributed by atoms with Crippen LogP contribution in [0.25, 0.3) is 0 Å². The molecule has 0 aliphatic heterocycles. The Balaban J connectivity index is 2.45. The quantitative estimate of drug-likeness (QED) is 0.912. The minimum Gasteiger partial charge on any atom is -0.367 e. The minimum absolute atomic E-state index is 0.288. The Morgan fingerprint density at radius 3 is 1.95 bits per heavy atom. The zero-order valence-electron chi connectivity index (χ0n) is 13.2. The van der Waals surface area contributed by atoms with Crippen LogP contribution in [0.5, 0.6) is 0 Å². The fourth-order valence-corrected chi connectivity index (χ4v) is 4.20. The second-order valence-corrected chi connectivity index (χ2v) is 7.20. The van der Waals surface area contributed by atoms with Gasteiger partial charge < -0.3 is 4.98 Å². The van der Waals surface area contributed by atoms with Gasteiger partial charge in [0, 0.05) is 18.9 Å². The van der Waals surface area contributed by atoms with E-state index in [9.17, 15) is 8.42 Å². The van der Waals surface area contributed by atoms with E-state index in [0.717, 1.165) is 33.4 Å². The third-order valence-electron chi connectivity index (χ3n) is 4.33. The van der Waals surface area contributed by atoms with Crippen LogP contribution in [0.4, 0.5) is 0 Å². The maximum absolute atomic E-state index is 12.7. The summed E-state index contributed by atoms with van der Waals surface area (Å²) in [7, 11) is -3.52. The van der Waals surface area contributed by atoms with Gasteiger partial charge in [0.25, 0.3) is 0 Å². The van der Waals surface area contributed by atoms with E-state index in [-0.39, 0.29) is 6.54 Å². The molecular formula is C16H22N2O2S. The van der Waals surface area contributed by atoms with Gasteiger partial charge >= 0.3 is 0 Å². The van der Waals surface area contributed by atoms with Gasteiger partial charge in [-0.1, -0.05) is 0 Å². The number of aromatic nitrogens is 1. The molecule has 0 aliphatic carbocycles. The van der Waals surface area contributed by atoms with Crippen molar-refractivity contribution < 1.29 is 8.42 Å². The second-order valence-electron chi connectivity index (χ2n) is 5.50. The van der Waals surface area contributed by atoms with Gasteiger partial charge in [-0.25, -0.2) is 13.1 Å². The topological polar surface area (TPSA) is 62.0 Å². The minimum atomic E-state index is -3.52. The van der Waals surface area contributed by atoms with Crippen LogP contribution in [0.3, 0.4) is 0 Å². The van der Waals surface area contributed by atoms with E-state index < -0.39 is 10.0 Å². The highest BCUT2D eigenvalue weighted by atomic mass is 32.2. The number of hydrogen-bond acceptors (Lipinski definition) is 2. The normalized spacial score (nSPS) is 11.9. The van der Waals surface area contributed by atoms with Crippen LogP contribution in [-0.4, -0.2) is 13.4 Å². The highest BCUT2D eigenvalue weighted by Crippen LogP contribution is 2.29.